The molecule has 2 aliphatic rings. The maximum absolute atomic E-state index is 12.4. The Bertz CT molecular complexity index is 580. The van der Waals surface area contributed by atoms with E-state index in [2.05, 4.69) is 24.1 Å². The van der Waals surface area contributed by atoms with Crippen LogP contribution in [0.25, 0.3) is 0 Å². The molecule has 2 amide bonds. The molecule has 0 bridgehead atoms. The third-order valence-corrected chi connectivity index (χ3v) is 5.14. The van der Waals surface area contributed by atoms with Crippen molar-refractivity contribution in [3.05, 3.63) is 29.3 Å². The van der Waals surface area contributed by atoms with Gasteiger partial charge in [0, 0.05) is 39.3 Å². The van der Waals surface area contributed by atoms with Crippen molar-refractivity contribution in [1.82, 2.24) is 15.1 Å². The molecule has 24 heavy (non-hydrogen) atoms. The molecule has 2 atom stereocenters. The number of carbonyl (C=O) groups is 1. The molecule has 3 rings (SSSR count). The van der Waals surface area contributed by atoms with E-state index in [1.165, 1.54) is 12.0 Å². The molecule has 1 saturated heterocycles. The summed E-state index contributed by atoms with van der Waals surface area (Å²) in [4.78, 5) is 16.7. The maximum atomic E-state index is 12.4. The van der Waals surface area contributed by atoms with E-state index in [1.54, 1.807) is 12.1 Å². The Morgan fingerprint density at radius 2 is 2.00 bits per heavy atom. The first-order valence-corrected chi connectivity index (χ1v) is 9.07. The van der Waals surface area contributed by atoms with Gasteiger partial charge in [0.15, 0.2) is 0 Å². The van der Waals surface area contributed by atoms with Gasteiger partial charge >= 0.3 is 6.03 Å². The van der Waals surface area contributed by atoms with Gasteiger partial charge in [-0.05, 0) is 47.9 Å². The van der Waals surface area contributed by atoms with Crippen LogP contribution in [-0.4, -0.2) is 53.7 Å². The van der Waals surface area contributed by atoms with Crippen molar-refractivity contribution < 1.29 is 9.90 Å². The van der Waals surface area contributed by atoms with Gasteiger partial charge in [-0.15, -0.1) is 0 Å². The van der Waals surface area contributed by atoms with Crippen molar-refractivity contribution in [2.45, 2.75) is 33.2 Å². The Hall–Kier alpha value is -1.75. The Morgan fingerprint density at radius 1 is 1.25 bits per heavy atom. The summed E-state index contributed by atoms with van der Waals surface area (Å²) in [6, 6.07) is 5.45. The van der Waals surface area contributed by atoms with Crippen molar-refractivity contribution >= 4 is 6.03 Å². The highest BCUT2D eigenvalue weighted by Gasteiger charge is 2.23. The summed E-state index contributed by atoms with van der Waals surface area (Å²) < 4.78 is 0. The molecule has 0 aromatic heterocycles. The molecule has 1 aromatic rings. The Morgan fingerprint density at radius 3 is 2.75 bits per heavy atom. The second kappa shape index (κ2) is 7.43. The number of hydrogen-bond acceptors (Lipinski definition) is 3. The third kappa shape index (κ3) is 4.20. The third-order valence-electron chi connectivity index (χ3n) is 5.14. The number of likely N-dealkylation sites (tertiary alicyclic amines) is 1. The van der Waals surface area contributed by atoms with E-state index in [4.69, 9.17) is 0 Å². The fourth-order valence-corrected chi connectivity index (χ4v) is 4.12. The predicted molar refractivity (Wildman–Crippen MR) is 95.0 cm³/mol. The Kier molecular flexibility index (Phi) is 5.29. The topological polar surface area (TPSA) is 55.8 Å². The lowest BCUT2D eigenvalue weighted by molar-refractivity contribution is 0.140. The monoisotopic (exact) mass is 331 g/mol. The molecule has 2 N–H and O–H groups in total. The molecular formula is C19H29N3O2. The molecule has 0 radical (unpaired) electrons. The lowest BCUT2D eigenvalue weighted by Crippen LogP contribution is -2.47. The van der Waals surface area contributed by atoms with E-state index in [9.17, 15) is 9.90 Å². The van der Waals surface area contributed by atoms with E-state index < -0.39 is 0 Å². The minimum absolute atomic E-state index is 0.00194. The van der Waals surface area contributed by atoms with Crippen molar-refractivity contribution in [2.75, 3.05) is 32.7 Å². The number of aromatic hydroxyl groups is 1. The molecule has 0 aliphatic carbocycles. The highest BCUT2D eigenvalue weighted by atomic mass is 16.3. The first-order valence-electron chi connectivity index (χ1n) is 9.07. The summed E-state index contributed by atoms with van der Waals surface area (Å²) >= 11 is 0. The average Bonchev–Trinajstić information content (AvgIpc) is 2.53. The number of hydrogen-bond donors (Lipinski definition) is 2. The van der Waals surface area contributed by atoms with Crippen molar-refractivity contribution in [1.29, 1.82) is 0 Å². The molecule has 0 saturated carbocycles. The van der Waals surface area contributed by atoms with Crippen molar-refractivity contribution in [3.63, 3.8) is 0 Å². The Balaban J connectivity index is 1.46. The molecule has 2 heterocycles. The number of rotatable bonds is 3. The molecule has 1 fully saturated rings. The van der Waals surface area contributed by atoms with Crippen LogP contribution in [0.15, 0.2) is 18.2 Å². The fourth-order valence-electron chi connectivity index (χ4n) is 4.12. The molecule has 5 heteroatoms. The summed E-state index contributed by atoms with van der Waals surface area (Å²) in [6.07, 6.45) is 2.16. The van der Waals surface area contributed by atoms with Crippen LogP contribution in [0.2, 0.25) is 0 Å². The molecule has 132 valence electrons. The molecule has 2 unspecified atom stereocenters. The summed E-state index contributed by atoms with van der Waals surface area (Å²) in [5.41, 5.74) is 2.28. The van der Waals surface area contributed by atoms with Gasteiger partial charge in [0.05, 0.1) is 0 Å². The van der Waals surface area contributed by atoms with Gasteiger partial charge in [0.2, 0.25) is 0 Å². The van der Waals surface area contributed by atoms with Gasteiger partial charge < -0.3 is 20.2 Å². The Labute approximate surface area is 144 Å². The van der Waals surface area contributed by atoms with E-state index in [0.717, 1.165) is 50.0 Å². The number of benzene rings is 1. The minimum atomic E-state index is 0.00194. The average molecular weight is 331 g/mol. The van der Waals surface area contributed by atoms with Crippen LogP contribution in [0.3, 0.4) is 0 Å². The number of fused-ring (bicyclic) bond motifs is 1. The number of phenolic OH excluding ortho intramolecular Hbond substituents is 1. The zero-order valence-corrected chi connectivity index (χ0v) is 14.8. The number of carbonyl (C=O) groups excluding carboxylic acids is 1. The smallest absolute Gasteiger partial charge is 0.317 e. The SMILES string of the molecule is CC1CC(C)CN(CCNC(=O)N2CCc3ccc(O)cc3C2)C1. The van der Waals surface area contributed by atoms with E-state index in [0.29, 0.717) is 13.1 Å². The van der Waals surface area contributed by atoms with Gasteiger partial charge in [-0.3, -0.25) is 0 Å². The number of nitrogens with zero attached hydrogens (tertiary/aromatic N) is 2. The first kappa shape index (κ1) is 17.1. The zero-order valence-electron chi connectivity index (χ0n) is 14.8. The van der Waals surface area contributed by atoms with Gasteiger partial charge in [-0.25, -0.2) is 4.79 Å². The zero-order chi connectivity index (χ0) is 17.1. The van der Waals surface area contributed by atoms with Crippen LogP contribution < -0.4 is 5.32 Å². The fraction of sp³-hybridized carbons (Fsp3) is 0.632. The van der Waals surface area contributed by atoms with Crippen LogP contribution >= 0.6 is 0 Å². The van der Waals surface area contributed by atoms with Crippen LogP contribution in [0.1, 0.15) is 31.4 Å². The second-order valence-corrected chi connectivity index (χ2v) is 7.56. The number of nitrogens with one attached hydrogen (secondary N) is 1. The van der Waals surface area contributed by atoms with Crippen LogP contribution in [0.4, 0.5) is 4.79 Å². The molecule has 1 aromatic carbocycles. The number of urea groups is 1. The lowest BCUT2D eigenvalue weighted by Gasteiger charge is -2.35. The summed E-state index contributed by atoms with van der Waals surface area (Å²) in [5.74, 6) is 1.76. The summed E-state index contributed by atoms with van der Waals surface area (Å²) in [6.45, 7) is 9.82. The number of amides is 2. The molecule has 0 spiro atoms. The summed E-state index contributed by atoms with van der Waals surface area (Å²) in [5, 5.41) is 12.7. The van der Waals surface area contributed by atoms with Gasteiger partial charge in [0.1, 0.15) is 5.75 Å². The van der Waals surface area contributed by atoms with Crippen LogP contribution in [0.5, 0.6) is 5.75 Å². The standard InChI is InChI=1S/C19H29N3O2/c1-14-9-15(2)12-21(11-14)8-6-20-19(24)22-7-5-16-3-4-18(23)10-17(16)13-22/h3-4,10,14-15,23H,5-9,11-13H2,1-2H3,(H,20,24). The van der Waals surface area contributed by atoms with Crippen LogP contribution in [0, 0.1) is 11.8 Å². The van der Waals surface area contributed by atoms with Gasteiger partial charge in [-0.2, -0.15) is 0 Å². The molecule has 2 aliphatic heterocycles. The van der Waals surface area contributed by atoms with Crippen LogP contribution in [-0.2, 0) is 13.0 Å². The maximum Gasteiger partial charge on any atom is 0.317 e. The minimum Gasteiger partial charge on any atom is -0.508 e. The predicted octanol–water partition coefficient (Wildman–Crippen LogP) is 2.44. The second-order valence-electron chi connectivity index (χ2n) is 7.56. The van der Waals surface area contributed by atoms with E-state index >= 15 is 0 Å². The van der Waals surface area contributed by atoms with Crippen molar-refractivity contribution in [2.24, 2.45) is 11.8 Å². The number of piperidine rings is 1. The molecule has 5 nitrogen and oxygen atoms in total. The van der Waals surface area contributed by atoms with Crippen molar-refractivity contribution in [3.8, 4) is 5.75 Å². The largest absolute Gasteiger partial charge is 0.508 e. The number of phenols is 1. The highest BCUT2D eigenvalue weighted by Crippen LogP contribution is 2.23. The lowest BCUT2D eigenvalue weighted by atomic mass is 9.92. The van der Waals surface area contributed by atoms with E-state index in [-0.39, 0.29) is 11.8 Å². The highest BCUT2D eigenvalue weighted by molar-refractivity contribution is 5.74. The normalized spacial score (nSPS) is 24.5. The summed E-state index contributed by atoms with van der Waals surface area (Å²) in [7, 11) is 0. The quantitative estimate of drug-likeness (QED) is 0.894. The first-order chi connectivity index (χ1) is 11.5. The van der Waals surface area contributed by atoms with Gasteiger partial charge in [0.25, 0.3) is 0 Å². The van der Waals surface area contributed by atoms with Gasteiger partial charge in [-0.1, -0.05) is 19.9 Å². The molecular weight excluding hydrogens is 302 g/mol. The van der Waals surface area contributed by atoms with E-state index in [1.807, 2.05) is 11.0 Å².